The van der Waals surface area contributed by atoms with E-state index in [1.165, 1.54) is 18.1 Å². The number of carbonyl (C=O) groups is 2. The standard InChI is InChI=1S/C37H58N3O6/c1-4-26-9-11-34(46-25(2)42)22-33(43)19-28(29-10-12-35(44)36(20-29)45-3)7-5-14-39-37-21-30(13-15-40-37)27(8-6-16-41)18-32-24-38-23-31(32)17-26/h23-24,26-30,34-37,39-41,44H,4,6,8-22H2,1-3H3/q+1. The van der Waals surface area contributed by atoms with Crippen LogP contribution in [0.5, 0.6) is 0 Å². The van der Waals surface area contributed by atoms with Crippen molar-refractivity contribution in [2.75, 3.05) is 26.8 Å². The molecule has 4 N–H and O–H groups in total. The normalized spacial score (nSPS) is 35.0. The highest BCUT2D eigenvalue weighted by molar-refractivity contribution is 5.84. The maximum absolute atomic E-state index is 13.6. The summed E-state index contributed by atoms with van der Waals surface area (Å²) in [5, 5.41) is 27.4. The maximum Gasteiger partial charge on any atom is 0.302 e. The van der Waals surface area contributed by atoms with Crippen molar-refractivity contribution in [1.82, 2.24) is 10.6 Å². The summed E-state index contributed by atoms with van der Waals surface area (Å²) in [6.45, 7) is 7.32. The Labute approximate surface area is 276 Å². The highest BCUT2D eigenvalue weighted by atomic mass is 16.5. The number of rotatable bonds is 7. The Morgan fingerprint density at radius 1 is 1.09 bits per heavy atom. The Balaban J connectivity index is 1.58. The zero-order chi connectivity index (χ0) is 32.9. The topological polar surface area (TPSA) is 129 Å². The number of hydrogen-bond acceptors (Lipinski definition) is 9. The number of aliphatic imine (C=N–C) groups is 1. The molecule has 9 atom stereocenters. The summed E-state index contributed by atoms with van der Waals surface area (Å²) >= 11 is 0. The average molecular weight is 641 g/mol. The first-order chi connectivity index (χ1) is 22.3. The maximum atomic E-state index is 13.6. The van der Waals surface area contributed by atoms with E-state index in [1.54, 1.807) is 7.11 Å². The predicted molar refractivity (Wildman–Crippen MR) is 180 cm³/mol. The number of piperidine rings is 1. The third-order valence-corrected chi connectivity index (χ3v) is 10.8. The van der Waals surface area contributed by atoms with Gasteiger partial charge >= 0.3 is 5.97 Å². The fourth-order valence-corrected chi connectivity index (χ4v) is 8.08. The number of nitrogens with zero attached hydrogens (tertiary/aromatic N) is 1. The summed E-state index contributed by atoms with van der Waals surface area (Å²) in [6, 6.07) is 0. The van der Waals surface area contributed by atoms with Crippen LogP contribution in [0, 0.1) is 48.0 Å². The molecule has 2 bridgehead atoms. The number of hydrogen-bond donors (Lipinski definition) is 4. The lowest BCUT2D eigenvalue weighted by molar-refractivity contribution is -0.148. The van der Waals surface area contributed by atoms with Crippen molar-refractivity contribution < 1.29 is 29.3 Å². The summed E-state index contributed by atoms with van der Waals surface area (Å²) in [7, 11) is 1.63. The van der Waals surface area contributed by atoms with Gasteiger partial charge in [0, 0.05) is 52.2 Å². The second kappa shape index (κ2) is 18.9. The van der Waals surface area contributed by atoms with Gasteiger partial charge in [-0.25, -0.2) is 0 Å². The van der Waals surface area contributed by atoms with Crippen molar-refractivity contribution >= 4 is 18.0 Å². The van der Waals surface area contributed by atoms with Gasteiger partial charge in [0.1, 0.15) is 24.0 Å². The van der Waals surface area contributed by atoms with Crippen LogP contribution in [0.2, 0.25) is 0 Å². The molecule has 4 aliphatic rings. The van der Waals surface area contributed by atoms with Crippen LogP contribution in [0.1, 0.15) is 104 Å². The molecule has 2 fully saturated rings. The Bertz CT molecular complexity index is 1110. The van der Waals surface area contributed by atoms with Gasteiger partial charge in [0.2, 0.25) is 0 Å². The minimum atomic E-state index is -0.495. The Kier molecular flexibility index (Phi) is 15.1. The number of nitrogens with one attached hydrogen (secondary N) is 2. The number of fused-ring (bicyclic) bond motifs is 2. The minimum Gasteiger partial charge on any atom is -0.462 e. The van der Waals surface area contributed by atoms with Crippen LogP contribution in [-0.4, -0.2) is 79.5 Å². The van der Waals surface area contributed by atoms with Crippen LogP contribution < -0.4 is 10.6 Å². The van der Waals surface area contributed by atoms with Gasteiger partial charge in [-0.05, 0) is 88.0 Å². The molecule has 0 spiro atoms. The van der Waals surface area contributed by atoms with E-state index in [1.807, 2.05) is 12.8 Å². The van der Waals surface area contributed by atoms with E-state index in [9.17, 15) is 19.8 Å². The molecule has 256 valence electrons. The zero-order valence-corrected chi connectivity index (χ0v) is 28.3. The molecule has 9 heteroatoms. The Hall–Kier alpha value is -2.22. The lowest BCUT2D eigenvalue weighted by Gasteiger charge is -2.36. The van der Waals surface area contributed by atoms with Crippen molar-refractivity contribution in [3.8, 4) is 11.8 Å². The molecule has 1 saturated carbocycles. The number of aliphatic hydroxyl groups excluding tert-OH is 2. The monoisotopic (exact) mass is 640 g/mol. The molecule has 0 radical (unpaired) electrons. The van der Waals surface area contributed by atoms with Gasteiger partial charge in [-0.15, -0.1) is 4.99 Å². The number of esters is 1. The third kappa shape index (κ3) is 11.2. The molecule has 3 heterocycles. The Morgan fingerprint density at radius 3 is 2.70 bits per heavy atom. The van der Waals surface area contributed by atoms with Crippen LogP contribution in [-0.2, 0) is 19.1 Å². The van der Waals surface area contributed by atoms with Crippen LogP contribution in [0.15, 0.2) is 16.1 Å². The van der Waals surface area contributed by atoms with Crippen LogP contribution in [0.4, 0.5) is 0 Å². The molecule has 4 rings (SSSR count). The molecule has 1 aliphatic carbocycles. The fraction of sp³-hybridized carbons (Fsp3) is 0.784. The molecule has 9 nitrogen and oxygen atoms in total. The highest BCUT2D eigenvalue weighted by Gasteiger charge is 2.35. The van der Waals surface area contributed by atoms with E-state index < -0.39 is 12.2 Å². The molecule has 0 amide bonds. The molecule has 0 aromatic carbocycles. The smallest absolute Gasteiger partial charge is 0.302 e. The van der Waals surface area contributed by atoms with Gasteiger partial charge < -0.3 is 25.0 Å². The SMILES string of the molecule is CCC1CCC(OC(C)=O)CC(=O)CC(C2CCC(O)C(OC)C2)C#CCNC2CC(CCN2)C(CCCO)CC2=C(C=N[CH+]2)C1. The van der Waals surface area contributed by atoms with Crippen LogP contribution in [0.3, 0.4) is 0 Å². The van der Waals surface area contributed by atoms with Gasteiger partial charge in [0.15, 0.2) is 6.21 Å². The molecular formula is C37H58N3O6+. The first-order valence-corrected chi connectivity index (χ1v) is 17.8. The van der Waals surface area contributed by atoms with Crippen LogP contribution in [0.25, 0.3) is 0 Å². The number of ether oxygens (including phenoxy) is 2. The van der Waals surface area contributed by atoms with E-state index in [0.717, 1.165) is 64.3 Å². The number of methoxy groups -OCH3 is 1. The number of carbonyl (C=O) groups excluding carboxylic acids is 2. The second-order valence-electron chi connectivity index (χ2n) is 14.0. The molecular weight excluding hydrogens is 582 g/mol. The van der Waals surface area contributed by atoms with E-state index in [2.05, 4.69) is 34.4 Å². The van der Waals surface area contributed by atoms with Crippen molar-refractivity contribution in [3.63, 3.8) is 0 Å². The first-order valence-electron chi connectivity index (χ1n) is 17.8. The quantitative estimate of drug-likeness (QED) is 0.182. The molecule has 9 unspecified atom stereocenters. The van der Waals surface area contributed by atoms with Crippen molar-refractivity contribution in [3.05, 3.63) is 17.7 Å². The van der Waals surface area contributed by atoms with Gasteiger partial charge in [-0.3, -0.25) is 14.9 Å². The zero-order valence-electron chi connectivity index (χ0n) is 28.3. The van der Waals surface area contributed by atoms with E-state index in [4.69, 9.17) is 9.47 Å². The minimum absolute atomic E-state index is 0.0641. The summed E-state index contributed by atoms with van der Waals surface area (Å²) in [6.07, 6.45) is 11.9. The summed E-state index contributed by atoms with van der Waals surface area (Å²) in [4.78, 5) is 30.2. The summed E-state index contributed by atoms with van der Waals surface area (Å²) < 4.78 is 11.3. The number of allylic oxidation sites excluding steroid dienone is 1. The van der Waals surface area contributed by atoms with Gasteiger partial charge in [-0.2, -0.15) is 0 Å². The van der Waals surface area contributed by atoms with E-state index in [0.29, 0.717) is 50.0 Å². The molecule has 1 saturated heterocycles. The highest BCUT2D eigenvalue weighted by Crippen LogP contribution is 2.37. The first kappa shape index (κ1) is 36.6. The summed E-state index contributed by atoms with van der Waals surface area (Å²) in [5.41, 5.74) is 2.61. The number of ketones is 1. The Morgan fingerprint density at radius 2 is 1.93 bits per heavy atom. The van der Waals surface area contributed by atoms with Crippen molar-refractivity contribution in [2.45, 2.75) is 128 Å². The lowest BCUT2D eigenvalue weighted by atomic mass is 9.75. The van der Waals surface area contributed by atoms with Gasteiger partial charge in [0.05, 0.1) is 30.5 Å². The molecule has 3 aliphatic heterocycles. The lowest BCUT2D eigenvalue weighted by Crippen LogP contribution is -2.49. The number of Topliss-reactive ketones (excluding diaryl/α,β-unsaturated/α-hetero) is 1. The predicted octanol–water partition coefficient (Wildman–Crippen LogP) is 4.51. The van der Waals surface area contributed by atoms with E-state index in [-0.39, 0.29) is 48.9 Å². The molecule has 46 heavy (non-hydrogen) atoms. The molecule has 0 aromatic heterocycles. The third-order valence-electron chi connectivity index (χ3n) is 10.8. The fourth-order valence-electron chi connectivity index (χ4n) is 8.08. The van der Waals surface area contributed by atoms with Crippen molar-refractivity contribution in [1.29, 1.82) is 0 Å². The largest absolute Gasteiger partial charge is 0.462 e. The van der Waals surface area contributed by atoms with Crippen molar-refractivity contribution in [2.24, 2.45) is 34.6 Å². The summed E-state index contributed by atoms with van der Waals surface area (Å²) in [5.74, 6) is 7.90. The average Bonchev–Trinajstić information content (AvgIpc) is 3.48. The van der Waals surface area contributed by atoms with E-state index >= 15 is 0 Å². The number of aliphatic hydroxyl groups is 2. The molecule has 0 aromatic rings. The van der Waals surface area contributed by atoms with Gasteiger partial charge in [0.25, 0.3) is 0 Å². The second-order valence-corrected chi connectivity index (χ2v) is 14.0. The van der Waals surface area contributed by atoms with Crippen LogP contribution >= 0.6 is 0 Å². The van der Waals surface area contributed by atoms with Gasteiger partial charge in [-0.1, -0.05) is 25.2 Å².